The predicted molar refractivity (Wildman–Crippen MR) is 121 cm³/mol. The SMILES string of the molecule is CCOc1nc(CC)c(C(N)=O)n1Cc1ccc(-c2ccccc2NS(=O)(=O)C(F)(F)F)cc1F. The van der Waals surface area contributed by atoms with Crippen LogP contribution in [0.1, 0.15) is 35.6 Å². The number of aryl methyl sites for hydroxylation is 1. The molecule has 13 heteroatoms. The van der Waals surface area contributed by atoms with E-state index in [9.17, 15) is 26.4 Å². The van der Waals surface area contributed by atoms with Crippen molar-refractivity contribution in [2.75, 3.05) is 11.3 Å². The van der Waals surface area contributed by atoms with Gasteiger partial charge >= 0.3 is 15.5 Å². The van der Waals surface area contributed by atoms with Crippen LogP contribution in [0.4, 0.5) is 23.2 Å². The number of imidazole rings is 1. The Morgan fingerprint density at radius 1 is 1.17 bits per heavy atom. The lowest BCUT2D eigenvalue weighted by Crippen LogP contribution is -2.30. The lowest BCUT2D eigenvalue weighted by Gasteiger charge is -2.15. The molecule has 0 fully saturated rings. The number of carbonyl (C=O) groups excluding carboxylic acids is 1. The second-order valence-corrected chi connectivity index (χ2v) is 9.00. The highest BCUT2D eigenvalue weighted by molar-refractivity contribution is 7.93. The fourth-order valence-electron chi connectivity index (χ4n) is 3.43. The third-order valence-electron chi connectivity index (χ3n) is 5.02. The van der Waals surface area contributed by atoms with Gasteiger partial charge in [0.15, 0.2) is 0 Å². The van der Waals surface area contributed by atoms with Crippen LogP contribution >= 0.6 is 0 Å². The molecule has 3 N–H and O–H groups in total. The highest BCUT2D eigenvalue weighted by atomic mass is 32.2. The monoisotopic (exact) mass is 514 g/mol. The van der Waals surface area contributed by atoms with Gasteiger partial charge in [-0.1, -0.05) is 37.3 Å². The van der Waals surface area contributed by atoms with Gasteiger partial charge in [-0.3, -0.25) is 14.1 Å². The van der Waals surface area contributed by atoms with Crippen molar-refractivity contribution in [1.82, 2.24) is 9.55 Å². The quantitative estimate of drug-likeness (QED) is 0.418. The largest absolute Gasteiger partial charge is 0.516 e. The normalized spacial score (nSPS) is 11.9. The molecule has 3 rings (SSSR count). The smallest absolute Gasteiger partial charge is 0.465 e. The number of para-hydroxylation sites is 1. The van der Waals surface area contributed by atoms with Gasteiger partial charge in [-0.2, -0.15) is 26.6 Å². The Labute approximate surface area is 198 Å². The van der Waals surface area contributed by atoms with E-state index < -0.39 is 27.3 Å². The molecule has 0 unspecified atom stereocenters. The number of nitrogens with one attached hydrogen (secondary N) is 1. The molecule has 1 amide bonds. The highest BCUT2D eigenvalue weighted by Crippen LogP contribution is 2.33. The van der Waals surface area contributed by atoms with E-state index in [-0.39, 0.29) is 47.2 Å². The molecule has 188 valence electrons. The Morgan fingerprint density at radius 3 is 2.43 bits per heavy atom. The number of primary amides is 1. The number of anilines is 1. The third-order valence-corrected chi connectivity index (χ3v) is 6.11. The van der Waals surface area contributed by atoms with Crippen LogP contribution in [0.2, 0.25) is 0 Å². The average Bonchev–Trinajstić information content (AvgIpc) is 3.12. The Morgan fingerprint density at radius 2 is 1.86 bits per heavy atom. The summed E-state index contributed by atoms with van der Waals surface area (Å²) in [5.74, 6) is -1.51. The number of aromatic nitrogens is 2. The maximum atomic E-state index is 15.1. The summed E-state index contributed by atoms with van der Waals surface area (Å²) in [6.07, 6.45) is 0.386. The summed E-state index contributed by atoms with van der Waals surface area (Å²) in [6.45, 7) is 3.57. The second-order valence-electron chi connectivity index (χ2n) is 7.33. The van der Waals surface area contributed by atoms with Gasteiger partial charge in [0, 0.05) is 11.1 Å². The van der Waals surface area contributed by atoms with Crippen molar-refractivity contribution in [3.05, 3.63) is 65.2 Å². The van der Waals surface area contributed by atoms with Gasteiger partial charge in [0.05, 0.1) is 24.5 Å². The molecule has 1 heterocycles. The van der Waals surface area contributed by atoms with Gasteiger partial charge in [-0.15, -0.1) is 0 Å². The lowest BCUT2D eigenvalue weighted by molar-refractivity contribution is -0.0429. The van der Waals surface area contributed by atoms with Crippen molar-refractivity contribution in [3.63, 3.8) is 0 Å². The van der Waals surface area contributed by atoms with E-state index in [1.807, 2.05) is 0 Å². The Bertz CT molecular complexity index is 1350. The molecule has 0 atom stereocenters. The number of carbonyl (C=O) groups is 1. The van der Waals surface area contributed by atoms with Gasteiger partial charge in [-0.25, -0.2) is 4.39 Å². The van der Waals surface area contributed by atoms with Crippen LogP contribution < -0.4 is 15.2 Å². The van der Waals surface area contributed by atoms with E-state index in [1.165, 1.54) is 39.6 Å². The number of sulfonamides is 1. The first-order valence-corrected chi connectivity index (χ1v) is 11.9. The molecule has 2 aromatic carbocycles. The molecule has 35 heavy (non-hydrogen) atoms. The van der Waals surface area contributed by atoms with Gasteiger partial charge in [0.1, 0.15) is 11.5 Å². The number of alkyl halides is 3. The van der Waals surface area contributed by atoms with E-state index in [2.05, 4.69) is 4.98 Å². The Balaban J connectivity index is 2.01. The predicted octanol–water partition coefficient (Wildman–Crippen LogP) is 4.06. The fraction of sp³-hybridized carbons (Fsp3) is 0.273. The number of hydrogen-bond acceptors (Lipinski definition) is 5. The van der Waals surface area contributed by atoms with Crippen molar-refractivity contribution in [1.29, 1.82) is 0 Å². The summed E-state index contributed by atoms with van der Waals surface area (Å²) in [6, 6.07) is 9.23. The first kappa shape index (κ1) is 26.0. The topological polar surface area (TPSA) is 116 Å². The van der Waals surface area contributed by atoms with Crippen LogP contribution in [0.5, 0.6) is 6.01 Å². The number of rotatable bonds is 9. The number of nitrogens with two attached hydrogens (primary N) is 1. The molecule has 0 spiro atoms. The van der Waals surface area contributed by atoms with Gasteiger partial charge in [0.2, 0.25) is 0 Å². The zero-order valence-electron chi connectivity index (χ0n) is 18.7. The lowest BCUT2D eigenvalue weighted by atomic mass is 10.0. The Kier molecular flexibility index (Phi) is 7.38. The molecule has 3 aromatic rings. The minimum Gasteiger partial charge on any atom is -0.465 e. The van der Waals surface area contributed by atoms with Crippen LogP contribution in [0, 0.1) is 5.82 Å². The van der Waals surface area contributed by atoms with Gasteiger partial charge < -0.3 is 10.5 Å². The summed E-state index contributed by atoms with van der Waals surface area (Å²) in [5.41, 5.74) is 0.370. The molecule has 0 saturated heterocycles. The second kappa shape index (κ2) is 9.94. The third kappa shape index (κ3) is 5.39. The summed E-state index contributed by atoms with van der Waals surface area (Å²) < 4.78 is 85.0. The molecule has 0 radical (unpaired) electrons. The van der Waals surface area contributed by atoms with E-state index >= 15 is 4.39 Å². The van der Waals surface area contributed by atoms with Crippen LogP contribution in [0.25, 0.3) is 11.1 Å². The van der Waals surface area contributed by atoms with E-state index in [4.69, 9.17) is 10.5 Å². The minimum absolute atomic E-state index is 0.0366. The Hall–Kier alpha value is -3.61. The zero-order chi connectivity index (χ0) is 26.0. The van der Waals surface area contributed by atoms with Gasteiger partial charge in [0.25, 0.3) is 11.9 Å². The highest BCUT2D eigenvalue weighted by Gasteiger charge is 2.46. The molecule has 1 aromatic heterocycles. The van der Waals surface area contributed by atoms with Crippen molar-refractivity contribution in [3.8, 4) is 17.1 Å². The average molecular weight is 515 g/mol. The first-order chi connectivity index (χ1) is 16.4. The molecule has 8 nitrogen and oxygen atoms in total. The molecule has 0 aliphatic carbocycles. The number of hydrogen-bond donors (Lipinski definition) is 2. The van der Waals surface area contributed by atoms with E-state index in [0.717, 1.165) is 12.1 Å². The van der Waals surface area contributed by atoms with E-state index in [1.54, 1.807) is 13.8 Å². The zero-order valence-corrected chi connectivity index (χ0v) is 19.5. The maximum Gasteiger partial charge on any atom is 0.516 e. The summed E-state index contributed by atoms with van der Waals surface area (Å²) in [5, 5.41) is 0. The maximum absolute atomic E-state index is 15.1. The van der Waals surface area contributed by atoms with Gasteiger partial charge in [-0.05, 0) is 31.0 Å². The summed E-state index contributed by atoms with van der Waals surface area (Å²) in [7, 11) is -5.68. The molecule has 0 bridgehead atoms. The van der Waals surface area contributed by atoms with Crippen molar-refractivity contribution < 1.29 is 35.5 Å². The van der Waals surface area contributed by atoms with Crippen LogP contribution in [-0.4, -0.2) is 36.0 Å². The molecule has 0 saturated carbocycles. The molecular weight excluding hydrogens is 492 g/mol. The molecule has 0 aliphatic rings. The summed E-state index contributed by atoms with van der Waals surface area (Å²) in [4.78, 5) is 16.3. The number of amides is 1. The van der Waals surface area contributed by atoms with Crippen LogP contribution in [0.3, 0.4) is 0 Å². The summed E-state index contributed by atoms with van der Waals surface area (Å²) >= 11 is 0. The number of ether oxygens (including phenoxy) is 1. The van der Waals surface area contributed by atoms with Crippen molar-refractivity contribution >= 4 is 21.6 Å². The standard InChI is InChI=1S/C22H22F4N4O4S/c1-3-17-19(20(27)31)30(21(28-17)34-4-2)12-14-10-9-13(11-16(14)23)15-7-5-6-8-18(15)29-35(32,33)22(24,25)26/h5-11,29H,3-4,12H2,1-2H3,(H2,27,31). The van der Waals surface area contributed by atoms with Crippen LogP contribution in [0.15, 0.2) is 42.5 Å². The molecular formula is C22H22F4N4O4S. The fourth-order valence-corrected chi connectivity index (χ4v) is 4.01. The number of halogens is 4. The van der Waals surface area contributed by atoms with Crippen LogP contribution in [-0.2, 0) is 23.0 Å². The molecule has 0 aliphatic heterocycles. The van der Waals surface area contributed by atoms with Crippen molar-refractivity contribution in [2.45, 2.75) is 32.3 Å². The number of nitrogens with zero attached hydrogens (tertiary/aromatic N) is 2. The van der Waals surface area contributed by atoms with Crippen molar-refractivity contribution in [2.24, 2.45) is 5.73 Å². The van der Waals surface area contributed by atoms with E-state index in [0.29, 0.717) is 12.1 Å². The number of benzene rings is 2. The first-order valence-electron chi connectivity index (χ1n) is 10.4. The minimum atomic E-state index is -5.68.